The van der Waals surface area contributed by atoms with E-state index in [2.05, 4.69) is 25.6 Å². The maximum absolute atomic E-state index is 11.2. The highest BCUT2D eigenvalue weighted by Gasteiger charge is 2.09. The zero-order valence-corrected chi connectivity index (χ0v) is 13.9. The van der Waals surface area contributed by atoms with Gasteiger partial charge in [0.25, 0.3) is 0 Å². The quantitative estimate of drug-likeness (QED) is 0.744. The number of ether oxygens (including phenoxy) is 1. The van der Waals surface area contributed by atoms with Gasteiger partial charge in [0.05, 0.1) is 18.4 Å². The Morgan fingerprint density at radius 1 is 1.04 bits per heavy atom. The Kier molecular flexibility index (Phi) is 4.84. The molecule has 0 aliphatic carbocycles. The lowest BCUT2D eigenvalue weighted by molar-refractivity contribution is -0.114. The standard InChI is InChI=1S/C18H17N5O2/c1-12(24)21-13-5-3-6-14(11-13)22-18-20-10-8-16(23-18)15-7-4-9-19-17(15)25-2/h3-11H,1-2H3,(H,21,24)(H,20,22,23). The van der Waals surface area contributed by atoms with Gasteiger partial charge in [0.15, 0.2) is 0 Å². The number of carbonyl (C=O) groups is 1. The molecule has 2 N–H and O–H groups in total. The molecule has 126 valence electrons. The molecular formula is C18H17N5O2. The minimum Gasteiger partial charge on any atom is -0.481 e. The van der Waals surface area contributed by atoms with Gasteiger partial charge < -0.3 is 15.4 Å². The number of nitrogens with zero attached hydrogens (tertiary/aromatic N) is 3. The number of carbonyl (C=O) groups excluding carboxylic acids is 1. The maximum Gasteiger partial charge on any atom is 0.227 e. The van der Waals surface area contributed by atoms with Crippen LogP contribution >= 0.6 is 0 Å². The summed E-state index contributed by atoms with van der Waals surface area (Å²) in [5, 5.41) is 5.87. The molecule has 0 atom stereocenters. The van der Waals surface area contributed by atoms with E-state index in [-0.39, 0.29) is 5.91 Å². The molecule has 1 amide bonds. The van der Waals surface area contributed by atoms with Gasteiger partial charge in [0, 0.05) is 30.7 Å². The molecule has 1 aromatic carbocycles. The molecule has 0 aliphatic rings. The first kappa shape index (κ1) is 16.4. The lowest BCUT2D eigenvalue weighted by Gasteiger charge is -2.10. The van der Waals surface area contributed by atoms with E-state index in [4.69, 9.17) is 4.74 Å². The van der Waals surface area contributed by atoms with Crippen LogP contribution in [-0.2, 0) is 4.79 Å². The summed E-state index contributed by atoms with van der Waals surface area (Å²) in [6.45, 7) is 1.47. The number of amides is 1. The molecule has 2 aromatic heterocycles. The fraction of sp³-hybridized carbons (Fsp3) is 0.111. The summed E-state index contributed by atoms with van der Waals surface area (Å²) >= 11 is 0. The van der Waals surface area contributed by atoms with Gasteiger partial charge in [-0.1, -0.05) is 6.07 Å². The van der Waals surface area contributed by atoms with Gasteiger partial charge in [0.2, 0.25) is 17.7 Å². The molecule has 7 heteroatoms. The van der Waals surface area contributed by atoms with Crippen molar-refractivity contribution in [3.05, 3.63) is 54.9 Å². The van der Waals surface area contributed by atoms with Crippen molar-refractivity contribution in [2.45, 2.75) is 6.92 Å². The van der Waals surface area contributed by atoms with Gasteiger partial charge in [-0.2, -0.15) is 0 Å². The summed E-state index contributed by atoms with van der Waals surface area (Å²) in [7, 11) is 1.57. The van der Waals surface area contributed by atoms with Crippen LogP contribution in [0.4, 0.5) is 17.3 Å². The number of methoxy groups -OCH3 is 1. The molecule has 0 radical (unpaired) electrons. The van der Waals surface area contributed by atoms with Crippen LogP contribution in [0.15, 0.2) is 54.9 Å². The number of aromatic nitrogens is 3. The molecule has 0 unspecified atom stereocenters. The van der Waals surface area contributed by atoms with E-state index in [1.165, 1.54) is 6.92 Å². The fourth-order valence-electron chi connectivity index (χ4n) is 2.32. The van der Waals surface area contributed by atoms with Crippen molar-refractivity contribution >= 4 is 23.2 Å². The molecule has 25 heavy (non-hydrogen) atoms. The predicted octanol–water partition coefficient (Wildman–Crippen LogP) is 3.25. The molecule has 2 heterocycles. The van der Waals surface area contributed by atoms with Gasteiger partial charge in [0.1, 0.15) is 0 Å². The second-order valence-corrected chi connectivity index (χ2v) is 5.21. The summed E-state index contributed by atoms with van der Waals surface area (Å²) in [4.78, 5) is 24.1. The van der Waals surface area contributed by atoms with Crippen molar-refractivity contribution in [2.24, 2.45) is 0 Å². The Labute approximate surface area is 145 Å². The highest BCUT2D eigenvalue weighted by molar-refractivity contribution is 5.89. The summed E-state index contributed by atoms with van der Waals surface area (Å²) < 4.78 is 5.28. The SMILES string of the molecule is COc1ncccc1-c1ccnc(Nc2cccc(NC(C)=O)c2)n1. The van der Waals surface area contributed by atoms with Crippen molar-refractivity contribution in [1.82, 2.24) is 15.0 Å². The van der Waals surface area contributed by atoms with E-state index in [1.807, 2.05) is 36.4 Å². The zero-order chi connectivity index (χ0) is 17.6. The van der Waals surface area contributed by atoms with Crippen LogP contribution in [0.5, 0.6) is 5.88 Å². The Balaban J connectivity index is 1.86. The monoisotopic (exact) mass is 335 g/mol. The summed E-state index contributed by atoms with van der Waals surface area (Å²) in [5.74, 6) is 0.808. The number of anilines is 3. The van der Waals surface area contributed by atoms with Crippen molar-refractivity contribution in [2.75, 3.05) is 17.7 Å². The molecule has 0 saturated carbocycles. The first-order valence-electron chi connectivity index (χ1n) is 7.63. The average Bonchev–Trinajstić information content (AvgIpc) is 2.61. The van der Waals surface area contributed by atoms with Crippen LogP contribution < -0.4 is 15.4 Å². The van der Waals surface area contributed by atoms with E-state index in [0.29, 0.717) is 23.2 Å². The van der Waals surface area contributed by atoms with E-state index in [1.54, 1.807) is 25.6 Å². The smallest absolute Gasteiger partial charge is 0.227 e. The Bertz CT molecular complexity index is 898. The molecule has 7 nitrogen and oxygen atoms in total. The Hall–Kier alpha value is -3.48. The van der Waals surface area contributed by atoms with E-state index in [0.717, 1.165) is 11.3 Å². The molecule has 0 fully saturated rings. The summed E-state index contributed by atoms with van der Waals surface area (Å²) in [6.07, 6.45) is 3.32. The number of pyridine rings is 1. The first-order valence-corrected chi connectivity index (χ1v) is 7.63. The van der Waals surface area contributed by atoms with E-state index < -0.39 is 0 Å². The summed E-state index contributed by atoms with van der Waals surface area (Å²) in [6, 6.07) is 12.8. The number of nitrogens with one attached hydrogen (secondary N) is 2. The second kappa shape index (κ2) is 7.39. The van der Waals surface area contributed by atoms with Crippen LogP contribution in [0.1, 0.15) is 6.92 Å². The molecule has 3 aromatic rings. The normalized spacial score (nSPS) is 10.2. The van der Waals surface area contributed by atoms with Crippen LogP contribution in [0, 0.1) is 0 Å². The molecule has 0 spiro atoms. The van der Waals surface area contributed by atoms with Crippen LogP contribution in [0.25, 0.3) is 11.3 Å². The second-order valence-electron chi connectivity index (χ2n) is 5.21. The van der Waals surface area contributed by atoms with Gasteiger partial charge in [-0.05, 0) is 36.4 Å². The minimum absolute atomic E-state index is 0.126. The highest BCUT2D eigenvalue weighted by Crippen LogP contribution is 2.26. The number of hydrogen-bond donors (Lipinski definition) is 2. The predicted molar refractivity (Wildman–Crippen MR) is 95.8 cm³/mol. The Morgan fingerprint density at radius 3 is 2.68 bits per heavy atom. The van der Waals surface area contributed by atoms with Crippen molar-refractivity contribution in [1.29, 1.82) is 0 Å². The van der Waals surface area contributed by atoms with Crippen LogP contribution in [0.3, 0.4) is 0 Å². The lowest BCUT2D eigenvalue weighted by atomic mass is 10.2. The minimum atomic E-state index is -0.126. The van der Waals surface area contributed by atoms with Gasteiger partial charge in [-0.3, -0.25) is 4.79 Å². The number of benzene rings is 1. The Morgan fingerprint density at radius 2 is 1.88 bits per heavy atom. The fourth-order valence-corrected chi connectivity index (χ4v) is 2.32. The average molecular weight is 335 g/mol. The maximum atomic E-state index is 11.2. The summed E-state index contributed by atoms with van der Waals surface area (Å²) in [5.41, 5.74) is 2.94. The van der Waals surface area contributed by atoms with Gasteiger partial charge >= 0.3 is 0 Å². The van der Waals surface area contributed by atoms with E-state index in [9.17, 15) is 4.79 Å². The third-order valence-electron chi connectivity index (χ3n) is 3.34. The largest absolute Gasteiger partial charge is 0.481 e. The third kappa shape index (κ3) is 4.08. The van der Waals surface area contributed by atoms with Gasteiger partial charge in [-0.25, -0.2) is 15.0 Å². The number of hydrogen-bond acceptors (Lipinski definition) is 6. The molecule has 0 bridgehead atoms. The third-order valence-corrected chi connectivity index (χ3v) is 3.34. The van der Waals surface area contributed by atoms with E-state index >= 15 is 0 Å². The van der Waals surface area contributed by atoms with Crippen molar-refractivity contribution in [3.8, 4) is 17.1 Å². The van der Waals surface area contributed by atoms with Gasteiger partial charge in [-0.15, -0.1) is 0 Å². The van der Waals surface area contributed by atoms with Crippen LogP contribution in [0.2, 0.25) is 0 Å². The molecule has 0 aliphatic heterocycles. The molecular weight excluding hydrogens is 318 g/mol. The lowest BCUT2D eigenvalue weighted by Crippen LogP contribution is -2.06. The molecule has 0 saturated heterocycles. The zero-order valence-electron chi connectivity index (χ0n) is 13.9. The number of rotatable bonds is 5. The highest BCUT2D eigenvalue weighted by atomic mass is 16.5. The topological polar surface area (TPSA) is 89.0 Å². The van der Waals surface area contributed by atoms with Crippen molar-refractivity contribution in [3.63, 3.8) is 0 Å². The van der Waals surface area contributed by atoms with Crippen molar-refractivity contribution < 1.29 is 9.53 Å². The van der Waals surface area contributed by atoms with Crippen LogP contribution in [-0.4, -0.2) is 28.0 Å². The first-order chi connectivity index (χ1) is 12.2. The molecule has 3 rings (SSSR count).